The molecule has 1 aliphatic heterocycles. The van der Waals surface area contributed by atoms with Crippen LogP contribution in [0.5, 0.6) is 0 Å². The van der Waals surface area contributed by atoms with Gasteiger partial charge in [-0.15, -0.1) is 0 Å². The van der Waals surface area contributed by atoms with Crippen molar-refractivity contribution >= 4 is 27.5 Å². The summed E-state index contributed by atoms with van der Waals surface area (Å²) < 4.78 is 28.3. The van der Waals surface area contributed by atoms with Crippen molar-refractivity contribution in [3.8, 4) is 0 Å². The summed E-state index contributed by atoms with van der Waals surface area (Å²) in [5, 5.41) is 0. The standard InChI is InChI=1S/C32H47N3O4S/c1-5-6-12-27-13-16-30(17-14-27)40(38,39)33-32(37)28-15-18-31-29(23-28)24-34(22-19-25(2)3)20-10-8-7-9-11-21-35(31)26(4)36/h13-18,23,25H,5-12,19-22,24H2,1-4H3,(H,33,37). The summed E-state index contributed by atoms with van der Waals surface area (Å²) in [6.45, 7) is 11.2. The fourth-order valence-electron chi connectivity index (χ4n) is 5.11. The van der Waals surface area contributed by atoms with Crippen molar-refractivity contribution in [1.82, 2.24) is 9.62 Å². The summed E-state index contributed by atoms with van der Waals surface area (Å²) >= 11 is 0. The molecule has 0 radical (unpaired) electrons. The number of aryl methyl sites for hydroxylation is 1. The normalized spacial score (nSPS) is 15.7. The van der Waals surface area contributed by atoms with Crippen LogP contribution in [0.25, 0.3) is 0 Å². The third kappa shape index (κ3) is 9.44. The van der Waals surface area contributed by atoms with Crippen LogP contribution >= 0.6 is 0 Å². The second-order valence-electron chi connectivity index (χ2n) is 11.4. The average molecular weight is 570 g/mol. The highest BCUT2D eigenvalue weighted by atomic mass is 32.2. The van der Waals surface area contributed by atoms with E-state index in [-0.39, 0.29) is 16.4 Å². The molecule has 0 aliphatic carbocycles. The molecule has 0 saturated heterocycles. The van der Waals surface area contributed by atoms with Crippen molar-refractivity contribution in [3.05, 3.63) is 59.2 Å². The molecule has 0 fully saturated rings. The molecule has 0 unspecified atom stereocenters. The molecule has 8 heteroatoms. The van der Waals surface area contributed by atoms with E-state index in [1.807, 2.05) is 0 Å². The zero-order valence-electron chi connectivity index (χ0n) is 24.7. The third-order valence-electron chi connectivity index (χ3n) is 7.57. The number of rotatable bonds is 9. The molecule has 3 rings (SSSR count). The van der Waals surface area contributed by atoms with E-state index >= 15 is 0 Å². The van der Waals surface area contributed by atoms with Crippen LogP contribution in [0.1, 0.15) is 101 Å². The first-order valence-corrected chi connectivity index (χ1v) is 16.4. The van der Waals surface area contributed by atoms with Crippen LogP contribution in [-0.2, 0) is 27.8 Å². The Morgan fingerprint density at radius 3 is 2.27 bits per heavy atom. The van der Waals surface area contributed by atoms with Gasteiger partial charge in [-0.05, 0) is 92.6 Å². The Hall–Kier alpha value is -2.71. The van der Waals surface area contributed by atoms with Crippen LogP contribution in [0.15, 0.2) is 47.4 Å². The summed E-state index contributed by atoms with van der Waals surface area (Å²) in [5.41, 5.74) is 3.00. The Morgan fingerprint density at radius 2 is 1.62 bits per heavy atom. The van der Waals surface area contributed by atoms with E-state index in [1.165, 1.54) is 0 Å². The van der Waals surface area contributed by atoms with Crippen molar-refractivity contribution in [2.75, 3.05) is 24.5 Å². The minimum Gasteiger partial charge on any atom is -0.312 e. The molecule has 0 spiro atoms. The third-order valence-corrected chi connectivity index (χ3v) is 8.91. The highest BCUT2D eigenvalue weighted by molar-refractivity contribution is 7.90. The molecule has 0 saturated carbocycles. The largest absolute Gasteiger partial charge is 0.312 e. The minimum atomic E-state index is -4.03. The molecular weight excluding hydrogens is 522 g/mol. The van der Waals surface area contributed by atoms with Gasteiger partial charge in [-0.2, -0.15) is 0 Å². The van der Waals surface area contributed by atoms with Gasteiger partial charge in [0.25, 0.3) is 15.9 Å². The first-order valence-electron chi connectivity index (χ1n) is 14.9. The van der Waals surface area contributed by atoms with Crippen molar-refractivity contribution < 1.29 is 18.0 Å². The minimum absolute atomic E-state index is 0.0331. The highest BCUT2D eigenvalue weighted by Crippen LogP contribution is 2.27. The Morgan fingerprint density at radius 1 is 0.950 bits per heavy atom. The molecule has 2 amide bonds. The first-order chi connectivity index (χ1) is 19.1. The number of carbonyl (C=O) groups is 2. The van der Waals surface area contributed by atoms with Gasteiger partial charge in [-0.1, -0.05) is 58.6 Å². The molecule has 0 atom stereocenters. The number of benzene rings is 2. The smallest absolute Gasteiger partial charge is 0.265 e. The monoisotopic (exact) mass is 569 g/mol. The summed E-state index contributed by atoms with van der Waals surface area (Å²) in [4.78, 5) is 30.2. The van der Waals surface area contributed by atoms with Gasteiger partial charge in [-0.25, -0.2) is 13.1 Å². The van der Waals surface area contributed by atoms with Crippen molar-refractivity contribution in [2.45, 2.75) is 96.9 Å². The molecule has 1 heterocycles. The molecule has 0 bridgehead atoms. The van der Waals surface area contributed by atoms with Gasteiger partial charge in [0.05, 0.1) is 4.90 Å². The Balaban J connectivity index is 1.89. The van der Waals surface area contributed by atoms with Gasteiger partial charge in [0, 0.05) is 31.3 Å². The fourth-order valence-corrected chi connectivity index (χ4v) is 6.08. The van der Waals surface area contributed by atoms with Crippen molar-refractivity contribution in [3.63, 3.8) is 0 Å². The van der Waals surface area contributed by atoms with Crippen LogP contribution < -0.4 is 9.62 Å². The topological polar surface area (TPSA) is 86.8 Å². The Labute approximate surface area is 241 Å². The molecule has 1 N–H and O–H groups in total. The summed E-state index contributed by atoms with van der Waals surface area (Å²) in [5.74, 6) is -0.140. The van der Waals surface area contributed by atoms with E-state index in [4.69, 9.17) is 0 Å². The number of sulfonamides is 1. The van der Waals surface area contributed by atoms with Gasteiger partial charge in [0.2, 0.25) is 5.91 Å². The van der Waals surface area contributed by atoms with E-state index < -0.39 is 15.9 Å². The van der Waals surface area contributed by atoms with E-state index in [9.17, 15) is 18.0 Å². The lowest BCUT2D eigenvalue weighted by molar-refractivity contribution is -0.116. The first kappa shape index (κ1) is 31.8. The number of nitrogens with zero attached hydrogens (tertiary/aromatic N) is 2. The van der Waals surface area contributed by atoms with Gasteiger partial charge in [-0.3, -0.25) is 14.5 Å². The summed E-state index contributed by atoms with van der Waals surface area (Å²) in [6, 6.07) is 11.9. The van der Waals surface area contributed by atoms with Gasteiger partial charge < -0.3 is 4.90 Å². The zero-order valence-corrected chi connectivity index (χ0v) is 25.6. The Bertz CT molecular complexity index is 1230. The van der Waals surface area contributed by atoms with Crippen LogP contribution in [0.4, 0.5) is 5.69 Å². The Kier molecular flexibility index (Phi) is 12.2. The van der Waals surface area contributed by atoms with E-state index in [0.29, 0.717) is 19.0 Å². The van der Waals surface area contributed by atoms with Crippen molar-refractivity contribution in [1.29, 1.82) is 0 Å². The average Bonchev–Trinajstić information content (AvgIpc) is 2.91. The number of carbonyl (C=O) groups excluding carboxylic acids is 2. The lowest BCUT2D eigenvalue weighted by Crippen LogP contribution is -2.34. The maximum absolute atomic E-state index is 13.2. The molecule has 0 aromatic heterocycles. The lowest BCUT2D eigenvalue weighted by atomic mass is 10.0. The van der Waals surface area contributed by atoms with E-state index in [1.54, 1.807) is 54.3 Å². The van der Waals surface area contributed by atoms with Gasteiger partial charge in [0.15, 0.2) is 0 Å². The molecule has 1 aliphatic rings. The highest BCUT2D eigenvalue weighted by Gasteiger charge is 2.23. The number of fused-ring (bicyclic) bond motifs is 1. The number of hydrogen-bond acceptors (Lipinski definition) is 5. The molecule has 40 heavy (non-hydrogen) atoms. The van der Waals surface area contributed by atoms with Crippen LogP contribution in [0, 0.1) is 5.92 Å². The number of anilines is 1. The lowest BCUT2D eigenvalue weighted by Gasteiger charge is -2.29. The number of nitrogens with one attached hydrogen (secondary N) is 1. The van der Waals surface area contributed by atoms with Gasteiger partial charge >= 0.3 is 0 Å². The predicted octanol–water partition coefficient (Wildman–Crippen LogP) is 6.31. The SMILES string of the molecule is CCCCc1ccc(S(=O)(=O)NC(=O)c2ccc3c(c2)CN(CCC(C)C)CCCCCCCN3C(C)=O)cc1. The molecule has 7 nitrogen and oxygen atoms in total. The zero-order chi connectivity index (χ0) is 29.1. The van der Waals surface area contributed by atoms with Gasteiger partial charge in [0.1, 0.15) is 0 Å². The summed E-state index contributed by atoms with van der Waals surface area (Å²) in [7, 11) is -4.03. The van der Waals surface area contributed by atoms with Crippen LogP contribution in [0.3, 0.4) is 0 Å². The van der Waals surface area contributed by atoms with Crippen LogP contribution in [-0.4, -0.2) is 44.8 Å². The molecule has 220 valence electrons. The summed E-state index contributed by atoms with van der Waals surface area (Å²) in [6.07, 6.45) is 9.48. The maximum Gasteiger partial charge on any atom is 0.265 e. The number of unbranched alkanes of at least 4 members (excludes halogenated alkanes) is 1. The molecular formula is C32H47N3O4S. The molecule has 2 aromatic carbocycles. The quantitative estimate of drug-likeness (QED) is 0.382. The van der Waals surface area contributed by atoms with E-state index in [2.05, 4.69) is 30.4 Å². The van der Waals surface area contributed by atoms with Crippen LogP contribution in [0.2, 0.25) is 0 Å². The number of amides is 2. The van der Waals surface area contributed by atoms with Crippen molar-refractivity contribution in [2.24, 2.45) is 5.92 Å². The number of hydrogen-bond donors (Lipinski definition) is 1. The second-order valence-corrected chi connectivity index (χ2v) is 13.1. The predicted molar refractivity (Wildman–Crippen MR) is 162 cm³/mol. The second kappa shape index (κ2) is 15.3. The van der Waals surface area contributed by atoms with E-state index in [0.717, 1.165) is 87.7 Å². The maximum atomic E-state index is 13.2. The molecule has 2 aromatic rings. The fraction of sp³-hybridized carbons (Fsp3) is 0.562.